The normalized spacial score (nSPS) is 14.8. The number of rotatable bonds is 3. The van der Waals surface area contributed by atoms with E-state index in [0.717, 1.165) is 0 Å². The maximum atomic E-state index is 10.5. The van der Waals surface area contributed by atoms with E-state index in [4.69, 9.17) is 10.8 Å². The maximum Gasteiger partial charge on any atom is 0.310 e. The molecule has 3 N–H and O–H groups in total. The molecule has 0 heterocycles. The lowest BCUT2D eigenvalue weighted by Gasteiger charge is -2.25. The first-order chi connectivity index (χ1) is 4.42. The molecule has 0 bridgehead atoms. The number of aliphatic carboxylic acids is 1. The van der Waals surface area contributed by atoms with Crippen LogP contribution in [-0.2, 0) is 4.79 Å². The molecule has 3 nitrogen and oxygen atoms in total. The Bertz CT molecular complexity index is 132. The highest BCUT2D eigenvalue weighted by atomic mass is 16.4. The molecule has 0 rings (SSSR count). The quantitative estimate of drug-likeness (QED) is 0.618. The summed E-state index contributed by atoms with van der Waals surface area (Å²) in [7, 11) is 0. The van der Waals surface area contributed by atoms with Gasteiger partial charge in [-0.15, -0.1) is 0 Å². The molecule has 3 heteroatoms. The average Bonchev–Trinajstić information content (AvgIpc) is 1.86. The van der Waals surface area contributed by atoms with Gasteiger partial charge in [0.15, 0.2) is 0 Å². The molecule has 0 aliphatic carbocycles. The van der Waals surface area contributed by atoms with Crippen LogP contribution in [0.5, 0.6) is 0 Å². The molecule has 10 heavy (non-hydrogen) atoms. The van der Waals surface area contributed by atoms with Crippen molar-refractivity contribution in [3.05, 3.63) is 0 Å². The minimum atomic E-state index is -0.832. The van der Waals surface area contributed by atoms with Crippen LogP contribution >= 0.6 is 0 Å². The topological polar surface area (TPSA) is 63.3 Å². The van der Waals surface area contributed by atoms with Crippen LogP contribution in [0.2, 0.25) is 0 Å². The summed E-state index contributed by atoms with van der Waals surface area (Å²) in [5, 5.41) is 8.66. The van der Waals surface area contributed by atoms with Crippen molar-refractivity contribution in [3.8, 4) is 0 Å². The van der Waals surface area contributed by atoms with Crippen molar-refractivity contribution >= 4 is 5.97 Å². The molecule has 1 atom stereocenters. The highest BCUT2D eigenvalue weighted by molar-refractivity contribution is 5.74. The van der Waals surface area contributed by atoms with Gasteiger partial charge in [0.1, 0.15) is 0 Å². The molecule has 0 radical (unpaired) electrons. The SMILES string of the molecule is CCC(N)C(C)(C)C(=O)O. The van der Waals surface area contributed by atoms with Crippen LogP contribution in [0.15, 0.2) is 0 Å². The summed E-state index contributed by atoms with van der Waals surface area (Å²) in [5.41, 5.74) is 4.77. The Kier molecular flexibility index (Phi) is 2.84. The van der Waals surface area contributed by atoms with Gasteiger partial charge in [-0.2, -0.15) is 0 Å². The van der Waals surface area contributed by atoms with Crippen LogP contribution < -0.4 is 5.73 Å². The molecule has 0 aliphatic heterocycles. The van der Waals surface area contributed by atoms with Crippen molar-refractivity contribution in [2.45, 2.75) is 33.2 Å². The Hall–Kier alpha value is -0.570. The van der Waals surface area contributed by atoms with Crippen molar-refractivity contribution in [1.29, 1.82) is 0 Å². The third-order valence-electron chi connectivity index (χ3n) is 1.92. The fraction of sp³-hybridized carbons (Fsp3) is 0.857. The Morgan fingerprint density at radius 2 is 2.10 bits per heavy atom. The van der Waals surface area contributed by atoms with Gasteiger partial charge >= 0.3 is 5.97 Å². The van der Waals surface area contributed by atoms with Crippen molar-refractivity contribution in [1.82, 2.24) is 0 Å². The van der Waals surface area contributed by atoms with E-state index in [1.807, 2.05) is 6.92 Å². The van der Waals surface area contributed by atoms with Gasteiger partial charge in [-0.05, 0) is 20.3 Å². The monoisotopic (exact) mass is 145 g/mol. The van der Waals surface area contributed by atoms with E-state index in [1.54, 1.807) is 13.8 Å². The Labute approximate surface area is 61.2 Å². The zero-order valence-electron chi connectivity index (χ0n) is 6.72. The third kappa shape index (κ3) is 1.70. The summed E-state index contributed by atoms with van der Waals surface area (Å²) in [5.74, 6) is -0.832. The number of hydrogen-bond acceptors (Lipinski definition) is 2. The Morgan fingerprint density at radius 3 is 2.20 bits per heavy atom. The van der Waals surface area contributed by atoms with Crippen molar-refractivity contribution in [2.75, 3.05) is 0 Å². The van der Waals surface area contributed by atoms with Gasteiger partial charge in [-0.3, -0.25) is 4.79 Å². The zero-order valence-corrected chi connectivity index (χ0v) is 6.72. The third-order valence-corrected chi connectivity index (χ3v) is 1.92. The van der Waals surface area contributed by atoms with E-state index in [2.05, 4.69) is 0 Å². The predicted octanol–water partition coefficient (Wildman–Crippen LogP) is 0.834. The minimum Gasteiger partial charge on any atom is -0.481 e. The second kappa shape index (κ2) is 3.01. The largest absolute Gasteiger partial charge is 0.481 e. The molecule has 0 aromatic carbocycles. The van der Waals surface area contributed by atoms with Gasteiger partial charge in [-0.1, -0.05) is 6.92 Å². The molecular weight excluding hydrogens is 130 g/mol. The van der Waals surface area contributed by atoms with Gasteiger partial charge in [0.2, 0.25) is 0 Å². The summed E-state index contributed by atoms with van der Waals surface area (Å²) in [4.78, 5) is 10.5. The summed E-state index contributed by atoms with van der Waals surface area (Å²) < 4.78 is 0. The van der Waals surface area contributed by atoms with Gasteiger partial charge in [0.05, 0.1) is 5.41 Å². The van der Waals surface area contributed by atoms with Crippen molar-refractivity contribution in [2.24, 2.45) is 11.1 Å². The first-order valence-corrected chi connectivity index (χ1v) is 3.42. The number of carbonyl (C=O) groups is 1. The Balaban J connectivity index is 4.23. The molecule has 0 amide bonds. The van der Waals surface area contributed by atoms with Crippen LogP contribution in [0, 0.1) is 5.41 Å². The molecule has 1 unspecified atom stereocenters. The molecule has 0 saturated heterocycles. The smallest absolute Gasteiger partial charge is 0.310 e. The molecule has 0 saturated carbocycles. The van der Waals surface area contributed by atoms with Gasteiger partial charge < -0.3 is 10.8 Å². The van der Waals surface area contributed by atoms with Gasteiger partial charge in [0.25, 0.3) is 0 Å². The fourth-order valence-corrected chi connectivity index (χ4v) is 0.669. The van der Waals surface area contributed by atoms with Crippen molar-refractivity contribution in [3.63, 3.8) is 0 Å². The lowest BCUT2D eigenvalue weighted by Crippen LogP contribution is -2.42. The van der Waals surface area contributed by atoms with Crippen LogP contribution in [-0.4, -0.2) is 17.1 Å². The first-order valence-electron chi connectivity index (χ1n) is 3.42. The molecule has 0 aromatic heterocycles. The molecule has 0 fully saturated rings. The highest BCUT2D eigenvalue weighted by Gasteiger charge is 2.32. The highest BCUT2D eigenvalue weighted by Crippen LogP contribution is 2.20. The van der Waals surface area contributed by atoms with E-state index in [1.165, 1.54) is 0 Å². The average molecular weight is 145 g/mol. The standard InChI is InChI=1S/C7H15NO2/c1-4-5(8)7(2,3)6(9)10/h5H,4,8H2,1-3H3,(H,9,10). The molecular formula is C7H15NO2. The van der Waals surface area contributed by atoms with E-state index >= 15 is 0 Å². The summed E-state index contributed by atoms with van der Waals surface area (Å²) >= 11 is 0. The van der Waals surface area contributed by atoms with Gasteiger partial charge in [0, 0.05) is 6.04 Å². The van der Waals surface area contributed by atoms with E-state index in [0.29, 0.717) is 6.42 Å². The minimum absolute atomic E-state index is 0.259. The molecule has 60 valence electrons. The number of carboxylic acids is 1. The molecule has 0 aliphatic rings. The predicted molar refractivity (Wildman–Crippen MR) is 39.7 cm³/mol. The zero-order chi connectivity index (χ0) is 8.36. The first kappa shape index (κ1) is 9.43. The van der Waals surface area contributed by atoms with Crippen LogP contribution in [0.3, 0.4) is 0 Å². The molecule has 0 aromatic rings. The van der Waals surface area contributed by atoms with Gasteiger partial charge in [-0.25, -0.2) is 0 Å². The van der Waals surface area contributed by atoms with Crippen molar-refractivity contribution < 1.29 is 9.90 Å². The lowest BCUT2D eigenvalue weighted by molar-refractivity contribution is -0.148. The second-order valence-corrected chi connectivity index (χ2v) is 3.04. The van der Waals surface area contributed by atoms with Crippen LogP contribution in [0.25, 0.3) is 0 Å². The lowest BCUT2D eigenvalue weighted by atomic mass is 9.84. The fourth-order valence-electron chi connectivity index (χ4n) is 0.669. The molecule has 0 spiro atoms. The maximum absolute atomic E-state index is 10.5. The Morgan fingerprint density at radius 1 is 1.70 bits per heavy atom. The second-order valence-electron chi connectivity index (χ2n) is 3.04. The van der Waals surface area contributed by atoms with E-state index in [-0.39, 0.29) is 6.04 Å². The number of nitrogens with two attached hydrogens (primary N) is 1. The summed E-state index contributed by atoms with van der Waals surface area (Å²) in [6.07, 6.45) is 0.694. The summed E-state index contributed by atoms with van der Waals surface area (Å²) in [6.45, 7) is 5.17. The number of carboxylic acid groups (broad SMARTS) is 1. The number of hydrogen-bond donors (Lipinski definition) is 2. The summed E-state index contributed by atoms with van der Waals surface area (Å²) in [6, 6.07) is -0.259. The van der Waals surface area contributed by atoms with E-state index < -0.39 is 11.4 Å². The van der Waals surface area contributed by atoms with E-state index in [9.17, 15) is 4.79 Å². The van der Waals surface area contributed by atoms with Crippen LogP contribution in [0.1, 0.15) is 27.2 Å². The van der Waals surface area contributed by atoms with Crippen LogP contribution in [0.4, 0.5) is 0 Å².